The first-order valence-electron chi connectivity index (χ1n) is 19.3. The van der Waals surface area contributed by atoms with Gasteiger partial charge in [-0.3, -0.25) is 34.2 Å². The number of carbonyl (C=O) groups is 4. The van der Waals surface area contributed by atoms with Gasteiger partial charge in [-0.05, 0) is 48.1 Å². The van der Waals surface area contributed by atoms with E-state index in [9.17, 15) is 38.0 Å². The van der Waals surface area contributed by atoms with Crippen LogP contribution in [0, 0.1) is 27.9 Å². The Morgan fingerprint density at radius 1 is 1.02 bits per heavy atom. The van der Waals surface area contributed by atoms with E-state index in [2.05, 4.69) is 10.6 Å². The van der Waals surface area contributed by atoms with Crippen LogP contribution in [0.15, 0.2) is 53.4 Å². The Bertz CT molecular complexity index is 1810. The maximum absolute atomic E-state index is 15.5. The van der Waals surface area contributed by atoms with Gasteiger partial charge in [0.1, 0.15) is 5.54 Å². The highest BCUT2D eigenvalue weighted by Gasteiger charge is 2.59. The second-order valence-electron chi connectivity index (χ2n) is 16.1. The number of carbonyl (C=O) groups excluding carboxylic acids is 4. The van der Waals surface area contributed by atoms with Crippen molar-refractivity contribution in [2.24, 2.45) is 23.5 Å². The third kappa shape index (κ3) is 10.6. The van der Waals surface area contributed by atoms with Gasteiger partial charge >= 0.3 is 0 Å². The van der Waals surface area contributed by atoms with Crippen LogP contribution in [0.4, 0.5) is 5.69 Å². The number of nitro groups is 1. The summed E-state index contributed by atoms with van der Waals surface area (Å²) < 4.78 is 27.8. The predicted molar refractivity (Wildman–Crippen MR) is 207 cm³/mol. The summed E-state index contributed by atoms with van der Waals surface area (Å²) in [6.07, 6.45) is 3.06. The van der Waals surface area contributed by atoms with Gasteiger partial charge in [-0.15, -0.1) is 0 Å². The molecule has 302 valence electrons. The lowest BCUT2D eigenvalue weighted by Crippen LogP contribution is -2.69. The van der Waals surface area contributed by atoms with Crippen molar-refractivity contribution < 1.29 is 37.6 Å². The Labute approximate surface area is 324 Å². The lowest BCUT2D eigenvalue weighted by atomic mass is 9.72. The number of amides is 4. The monoisotopic (exact) mass is 783 g/mol. The molecular formula is C40H57N5O9S. The van der Waals surface area contributed by atoms with E-state index in [1.54, 1.807) is 44.2 Å². The normalized spacial score (nSPS) is 19.5. The summed E-state index contributed by atoms with van der Waals surface area (Å²) in [5.41, 5.74) is 4.58. The molecule has 1 saturated carbocycles. The van der Waals surface area contributed by atoms with E-state index >= 15 is 4.79 Å². The molecule has 4 rings (SSSR count). The minimum Gasteiger partial charge on any atom is -0.390 e. The Hall–Kier alpha value is -4.21. The zero-order valence-electron chi connectivity index (χ0n) is 32.5. The summed E-state index contributed by atoms with van der Waals surface area (Å²) in [5.74, 6) is -5.31. The van der Waals surface area contributed by atoms with Gasteiger partial charge in [-0.25, -0.2) is 8.42 Å². The van der Waals surface area contributed by atoms with Crippen molar-refractivity contribution in [2.45, 2.75) is 127 Å². The van der Waals surface area contributed by atoms with E-state index in [1.165, 1.54) is 6.07 Å². The molecule has 1 fully saturated rings. The molecule has 2 aromatic rings. The van der Waals surface area contributed by atoms with Crippen LogP contribution in [-0.2, 0) is 35.4 Å². The van der Waals surface area contributed by atoms with Crippen LogP contribution in [0.1, 0.15) is 103 Å². The Morgan fingerprint density at radius 2 is 1.67 bits per heavy atom. The molecule has 1 aliphatic heterocycles. The van der Waals surface area contributed by atoms with Gasteiger partial charge in [-0.2, -0.15) is 0 Å². The van der Waals surface area contributed by atoms with Crippen molar-refractivity contribution in [3.05, 3.63) is 69.8 Å². The maximum atomic E-state index is 15.5. The largest absolute Gasteiger partial charge is 0.390 e. The fourth-order valence-electron chi connectivity index (χ4n) is 8.22. The minimum atomic E-state index is -4.28. The average Bonchev–Trinajstić information content (AvgIpc) is 3.40. The number of aliphatic hydroxyl groups is 1. The fraction of sp³-hybridized carbons (Fsp3) is 0.600. The quantitative estimate of drug-likeness (QED) is 0.133. The number of imide groups is 1. The molecule has 0 bridgehead atoms. The second kappa shape index (κ2) is 18.6. The third-order valence-corrected chi connectivity index (χ3v) is 12.5. The van der Waals surface area contributed by atoms with Gasteiger partial charge in [0.15, 0.2) is 9.84 Å². The van der Waals surface area contributed by atoms with Crippen LogP contribution >= 0.6 is 0 Å². The summed E-state index contributed by atoms with van der Waals surface area (Å²) in [7, 11) is -4.28. The molecule has 1 aliphatic carbocycles. The van der Waals surface area contributed by atoms with Crippen molar-refractivity contribution in [2.75, 3.05) is 12.3 Å². The molecular weight excluding hydrogens is 727 g/mol. The van der Waals surface area contributed by atoms with Gasteiger partial charge in [0.25, 0.3) is 5.69 Å². The van der Waals surface area contributed by atoms with E-state index in [0.717, 1.165) is 56.1 Å². The van der Waals surface area contributed by atoms with Gasteiger partial charge in [0.2, 0.25) is 23.6 Å². The van der Waals surface area contributed by atoms with Crippen LogP contribution in [0.2, 0.25) is 0 Å². The molecule has 1 heterocycles. The van der Waals surface area contributed by atoms with E-state index in [-0.39, 0.29) is 41.6 Å². The van der Waals surface area contributed by atoms with Crippen LogP contribution in [-0.4, -0.2) is 83.0 Å². The van der Waals surface area contributed by atoms with Gasteiger partial charge < -0.3 is 21.5 Å². The Morgan fingerprint density at radius 3 is 2.25 bits per heavy atom. The van der Waals surface area contributed by atoms with Crippen molar-refractivity contribution in [3.8, 4) is 0 Å². The first-order chi connectivity index (χ1) is 25.9. The topological polar surface area (TPSA) is 219 Å². The van der Waals surface area contributed by atoms with Gasteiger partial charge in [-0.1, -0.05) is 96.2 Å². The zero-order chi connectivity index (χ0) is 40.7. The van der Waals surface area contributed by atoms with Crippen LogP contribution in [0.5, 0.6) is 0 Å². The van der Waals surface area contributed by atoms with Crippen LogP contribution < -0.4 is 16.4 Å². The molecule has 0 aromatic heterocycles. The van der Waals surface area contributed by atoms with Gasteiger partial charge in [0.05, 0.1) is 40.2 Å². The number of nitrogens with one attached hydrogen (secondary N) is 2. The highest BCUT2D eigenvalue weighted by Crippen LogP contribution is 2.48. The van der Waals surface area contributed by atoms with Crippen molar-refractivity contribution in [1.29, 1.82) is 0 Å². The number of nitrogens with zero attached hydrogens (tertiary/aromatic N) is 2. The number of rotatable bonds is 17. The lowest BCUT2D eigenvalue weighted by Gasteiger charge is -2.47. The predicted octanol–water partition coefficient (Wildman–Crippen LogP) is 4.17. The van der Waals surface area contributed by atoms with Crippen molar-refractivity contribution in [1.82, 2.24) is 15.5 Å². The number of hydrogen-bond acceptors (Lipinski definition) is 10. The highest BCUT2D eigenvalue weighted by molar-refractivity contribution is 7.91. The number of non-ortho nitro benzene ring substituents is 1. The zero-order valence-corrected chi connectivity index (χ0v) is 33.3. The second-order valence-corrected chi connectivity index (χ2v) is 18.1. The molecule has 55 heavy (non-hydrogen) atoms. The molecule has 2 aliphatic rings. The number of fused-ring (bicyclic) bond motifs is 1. The molecule has 4 amide bonds. The number of hydrogen-bond donors (Lipinski definition) is 4. The Kier molecular flexibility index (Phi) is 14.7. The van der Waals surface area contributed by atoms with Crippen molar-refractivity contribution >= 4 is 39.2 Å². The molecule has 2 aromatic carbocycles. The maximum Gasteiger partial charge on any atom is 0.270 e. The summed E-state index contributed by atoms with van der Waals surface area (Å²) in [6.45, 7) is 8.90. The molecule has 0 radical (unpaired) electrons. The average molecular weight is 784 g/mol. The molecule has 1 unspecified atom stereocenters. The lowest BCUT2D eigenvalue weighted by molar-refractivity contribution is -0.385. The third-order valence-electron chi connectivity index (χ3n) is 10.7. The van der Waals surface area contributed by atoms with Gasteiger partial charge in [0, 0.05) is 31.5 Å². The van der Waals surface area contributed by atoms with Crippen LogP contribution in [0.3, 0.4) is 0 Å². The number of benzene rings is 2. The fourth-order valence-corrected chi connectivity index (χ4v) is 10.2. The van der Waals surface area contributed by atoms with E-state index in [4.69, 9.17) is 5.73 Å². The number of nitrogens with two attached hydrogens (primary N) is 1. The van der Waals surface area contributed by atoms with Crippen molar-refractivity contribution in [3.63, 3.8) is 0 Å². The molecule has 0 saturated heterocycles. The van der Waals surface area contributed by atoms with E-state index in [0.29, 0.717) is 18.5 Å². The molecule has 14 nitrogen and oxygen atoms in total. The molecule has 0 spiro atoms. The highest BCUT2D eigenvalue weighted by atomic mass is 32.2. The standard InChI is InChI=1S/C40H57N5O9S/c1-25(2)22-40(32-24-55(53,54)36-20-30(45(51)52)16-17-31(32)36,44(27(5)46)38(49)33(41)18-28-12-8-6-9-13-28)39(50)43-34(19-29-14-10-7-11-15-29)35(47)21-37(48)42-23-26(3)4/h6,8-9,12-13,16-17,20,25-26,29,32-35,47H,7,10-11,14-15,18-19,21-24,41H2,1-5H3,(H,42,48)(H,43,50)/t32?,33-,34-,35-,40-/m0/s1. The molecule has 5 N–H and O–H groups in total. The summed E-state index contributed by atoms with van der Waals surface area (Å²) in [6, 6.07) is 9.87. The number of nitro benzene ring substituents is 1. The number of aliphatic hydroxyl groups excluding tert-OH is 1. The smallest absolute Gasteiger partial charge is 0.270 e. The summed E-state index contributed by atoms with van der Waals surface area (Å²) in [5, 5.41) is 29.2. The number of sulfone groups is 1. The SMILES string of the molecule is CC(=O)N(C(=O)[C@@H](N)Cc1ccccc1)[C@](CC(C)C)(C(=O)N[C@@H](CC1CCCCC1)[C@@H](O)CC(=O)NCC(C)C)C1CS(=O)(=O)c2cc([N+](=O)[O-])ccc21. The molecule has 15 heteroatoms. The summed E-state index contributed by atoms with van der Waals surface area (Å²) >= 11 is 0. The summed E-state index contributed by atoms with van der Waals surface area (Å²) in [4.78, 5) is 68.5. The van der Waals surface area contributed by atoms with E-state index in [1.807, 2.05) is 13.8 Å². The molecule has 5 atom stereocenters. The first kappa shape index (κ1) is 43.5. The van der Waals surface area contributed by atoms with E-state index < -0.39 is 85.4 Å². The Balaban J connectivity index is 1.90. The van der Waals surface area contributed by atoms with Crippen LogP contribution in [0.25, 0.3) is 0 Å². The minimum absolute atomic E-state index is 0.00306. The first-order valence-corrected chi connectivity index (χ1v) is 20.9.